The van der Waals surface area contributed by atoms with Gasteiger partial charge >= 0.3 is 6.09 Å². The zero-order valence-electron chi connectivity index (χ0n) is 15.3. The lowest BCUT2D eigenvalue weighted by Crippen LogP contribution is -2.41. The zero-order chi connectivity index (χ0) is 20.1. The summed E-state index contributed by atoms with van der Waals surface area (Å²) in [6, 6.07) is 4.76. The normalized spacial score (nSPS) is 14.7. The molecule has 1 amide bonds. The number of hydrogen-bond acceptors (Lipinski definition) is 6. The number of rotatable bonds is 6. The summed E-state index contributed by atoms with van der Waals surface area (Å²) in [6.07, 6.45) is 0.0293. The number of carbonyl (C=O) groups excluding carboxylic acids is 1. The van der Waals surface area contributed by atoms with Crippen LogP contribution in [0.5, 0.6) is 0 Å². The number of carbonyl (C=O) groups is 1. The lowest BCUT2D eigenvalue weighted by atomic mass is 10.2. The maximum absolute atomic E-state index is 12.7. The summed E-state index contributed by atoms with van der Waals surface area (Å²) in [4.78, 5) is 13.8. The summed E-state index contributed by atoms with van der Waals surface area (Å²) in [6.45, 7) is 3.87. The third-order valence-electron chi connectivity index (χ3n) is 4.36. The second-order valence-electron chi connectivity index (χ2n) is 6.24. The van der Waals surface area contributed by atoms with Crippen LogP contribution in [0.1, 0.15) is 11.1 Å². The molecule has 0 aliphatic carbocycles. The lowest BCUT2D eigenvalue weighted by Gasteiger charge is -2.25. The Morgan fingerprint density at radius 3 is 2.82 bits per heavy atom. The van der Waals surface area contributed by atoms with Crippen molar-refractivity contribution in [2.24, 2.45) is 0 Å². The fourth-order valence-electron chi connectivity index (χ4n) is 2.77. The minimum Gasteiger partial charge on any atom is -0.449 e. The monoisotopic (exact) mass is 444 g/mol. The van der Waals surface area contributed by atoms with Crippen LogP contribution in [0.3, 0.4) is 0 Å². The highest BCUT2D eigenvalue weighted by Gasteiger charge is 2.21. The van der Waals surface area contributed by atoms with Gasteiger partial charge in [0.2, 0.25) is 0 Å². The predicted octanol–water partition coefficient (Wildman–Crippen LogP) is 3.52. The Hall–Kier alpha value is -1.81. The zero-order valence-corrected chi connectivity index (χ0v) is 17.7. The first-order chi connectivity index (χ1) is 13.4. The van der Waals surface area contributed by atoms with Gasteiger partial charge in [0.05, 0.1) is 30.4 Å². The molecule has 0 bridgehead atoms. The van der Waals surface area contributed by atoms with E-state index in [1.54, 1.807) is 29.3 Å². The number of benzene rings is 1. The number of halogens is 1. The van der Waals surface area contributed by atoms with Crippen LogP contribution in [0, 0.1) is 6.92 Å². The fraction of sp³-hybridized carbons (Fsp3) is 0.389. The van der Waals surface area contributed by atoms with E-state index in [0.29, 0.717) is 49.0 Å². The first-order valence-corrected chi connectivity index (χ1v) is 11.5. The first-order valence-electron chi connectivity index (χ1n) is 8.71. The van der Waals surface area contributed by atoms with Gasteiger partial charge < -0.3 is 14.4 Å². The van der Waals surface area contributed by atoms with Gasteiger partial charge in [-0.1, -0.05) is 17.7 Å². The number of sulfonamides is 1. The summed E-state index contributed by atoms with van der Waals surface area (Å²) in [5.41, 5.74) is 1.74. The number of amides is 1. The molecule has 0 radical (unpaired) electrons. The van der Waals surface area contributed by atoms with E-state index < -0.39 is 10.0 Å². The number of nitrogens with one attached hydrogen (secondary N) is 1. The molecule has 3 rings (SSSR count). The van der Waals surface area contributed by atoms with Gasteiger partial charge in [-0.15, -0.1) is 11.3 Å². The molecule has 1 fully saturated rings. The van der Waals surface area contributed by atoms with Crippen molar-refractivity contribution in [3.05, 3.63) is 45.1 Å². The molecule has 1 saturated heterocycles. The van der Waals surface area contributed by atoms with Gasteiger partial charge in [0.1, 0.15) is 0 Å². The van der Waals surface area contributed by atoms with Crippen molar-refractivity contribution >= 4 is 44.7 Å². The van der Waals surface area contributed by atoms with E-state index in [1.807, 2.05) is 5.38 Å². The highest BCUT2D eigenvalue weighted by molar-refractivity contribution is 7.92. The van der Waals surface area contributed by atoms with Crippen molar-refractivity contribution in [3.8, 4) is 0 Å². The molecule has 2 aromatic rings. The molecular formula is C18H21ClN2O5S2. The smallest absolute Gasteiger partial charge is 0.409 e. The summed E-state index contributed by atoms with van der Waals surface area (Å²) in [5.74, 6) is 0. The molecular weight excluding hydrogens is 424 g/mol. The molecule has 1 aromatic carbocycles. The highest BCUT2D eigenvalue weighted by atomic mass is 35.5. The van der Waals surface area contributed by atoms with Crippen LogP contribution in [-0.4, -0.2) is 52.3 Å². The number of morpholine rings is 1. The van der Waals surface area contributed by atoms with E-state index >= 15 is 0 Å². The highest BCUT2D eigenvalue weighted by Crippen LogP contribution is 2.28. The number of ether oxygens (including phenoxy) is 2. The molecule has 1 aliphatic heterocycles. The van der Waals surface area contributed by atoms with Crippen LogP contribution in [0.25, 0.3) is 0 Å². The summed E-state index contributed by atoms with van der Waals surface area (Å²) in [5, 5.41) is 3.95. The number of nitrogens with zero attached hydrogens (tertiary/aromatic N) is 1. The molecule has 0 unspecified atom stereocenters. The minimum atomic E-state index is -3.78. The molecule has 10 heteroatoms. The average molecular weight is 445 g/mol. The molecule has 0 saturated carbocycles. The number of anilines is 1. The first kappa shape index (κ1) is 20.9. The third kappa shape index (κ3) is 4.96. The molecule has 1 aromatic heterocycles. The van der Waals surface area contributed by atoms with Crippen LogP contribution in [0.2, 0.25) is 5.02 Å². The van der Waals surface area contributed by atoms with Crippen LogP contribution in [-0.2, 0) is 25.9 Å². The van der Waals surface area contributed by atoms with Gasteiger partial charge in [-0.2, -0.15) is 0 Å². The lowest BCUT2D eigenvalue weighted by molar-refractivity contribution is 0.0275. The Balaban J connectivity index is 1.62. The predicted molar refractivity (Wildman–Crippen MR) is 109 cm³/mol. The van der Waals surface area contributed by atoms with Gasteiger partial charge in [-0.25, -0.2) is 13.2 Å². The molecule has 28 heavy (non-hydrogen) atoms. The molecule has 1 aliphatic rings. The topological polar surface area (TPSA) is 84.9 Å². The second-order valence-corrected chi connectivity index (χ2v) is 9.04. The summed E-state index contributed by atoms with van der Waals surface area (Å²) < 4.78 is 38.6. The van der Waals surface area contributed by atoms with Gasteiger partial charge in [-0.05, 0) is 35.6 Å². The number of hydrogen-bond donors (Lipinski definition) is 1. The van der Waals surface area contributed by atoms with E-state index in [-0.39, 0.29) is 17.6 Å². The van der Waals surface area contributed by atoms with Crippen molar-refractivity contribution < 1.29 is 22.7 Å². The fourth-order valence-corrected chi connectivity index (χ4v) is 5.26. The van der Waals surface area contributed by atoms with Crippen molar-refractivity contribution in [2.45, 2.75) is 18.2 Å². The molecule has 0 spiro atoms. The Kier molecular flexibility index (Phi) is 6.82. The van der Waals surface area contributed by atoms with E-state index in [9.17, 15) is 13.2 Å². The van der Waals surface area contributed by atoms with Crippen LogP contribution >= 0.6 is 22.9 Å². The Bertz CT molecular complexity index is 939. The van der Waals surface area contributed by atoms with Gasteiger partial charge in [-0.3, -0.25) is 4.72 Å². The van der Waals surface area contributed by atoms with E-state index in [0.717, 1.165) is 5.56 Å². The van der Waals surface area contributed by atoms with Crippen molar-refractivity contribution in [2.75, 3.05) is 37.6 Å². The Morgan fingerprint density at radius 2 is 2.07 bits per heavy atom. The SMILES string of the molecule is Cc1c(Cl)cccc1S(=O)(=O)Nc1cscc1CCOC(=O)N1CCOCC1. The van der Waals surface area contributed by atoms with E-state index in [2.05, 4.69) is 4.72 Å². The van der Waals surface area contributed by atoms with Crippen LogP contribution < -0.4 is 4.72 Å². The van der Waals surface area contributed by atoms with Crippen molar-refractivity contribution in [1.82, 2.24) is 4.90 Å². The Morgan fingerprint density at radius 1 is 1.32 bits per heavy atom. The van der Waals surface area contributed by atoms with Crippen molar-refractivity contribution in [1.29, 1.82) is 0 Å². The van der Waals surface area contributed by atoms with Crippen LogP contribution in [0.4, 0.5) is 10.5 Å². The molecule has 0 atom stereocenters. The minimum absolute atomic E-state index is 0.135. The summed E-state index contributed by atoms with van der Waals surface area (Å²) in [7, 11) is -3.78. The van der Waals surface area contributed by atoms with Gasteiger partial charge in [0.15, 0.2) is 0 Å². The van der Waals surface area contributed by atoms with E-state index in [4.69, 9.17) is 21.1 Å². The standard InChI is InChI=1S/C18H21ClN2O5S2/c1-13-15(19)3-2-4-17(13)28(23,24)20-16-12-27-11-14(16)5-8-26-18(22)21-6-9-25-10-7-21/h2-4,11-12,20H,5-10H2,1H3. The molecule has 1 N–H and O–H groups in total. The molecule has 152 valence electrons. The maximum Gasteiger partial charge on any atom is 0.409 e. The molecule has 2 heterocycles. The quantitative estimate of drug-likeness (QED) is 0.736. The summed E-state index contributed by atoms with van der Waals surface area (Å²) >= 11 is 7.42. The Labute approximate surface area is 173 Å². The van der Waals surface area contributed by atoms with E-state index in [1.165, 1.54) is 17.4 Å². The average Bonchev–Trinajstić information content (AvgIpc) is 3.10. The molecule has 7 nitrogen and oxygen atoms in total. The number of thiophene rings is 1. The van der Waals surface area contributed by atoms with Crippen molar-refractivity contribution in [3.63, 3.8) is 0 Å². The maximum atomic E-state index is 12.7. The van der Waals surface area contributed by atoms with Gasteiger partial charge in [0.25, 0.3) is 10.0 Å². The second kappa shape index (κ2) is 9.13. The largest absolute Gasteiger partial charge is 0.449 e. The third-order valence-corrected chi connectivity index (χ3v) is 7.07. The van der Waals surface area contributed by atoms with Gasteiger partial charge in [0, 0.05) is 29.9 Å². The van der Waals surface area contributed by atoms with Crippen LogP contribution in [0.15, 0.2) is 33.9 Å².